The predicted molar refractivity (Wildman–Crippen MR) is 61.2 cm³/mol. The molecule has 0 saturated carbocycles. The molecule has 0 aliphatic heterocycles. The molecule has 76 valence electrons. The van der Waals surface area contributed by atoms with Crippen LogP contribution in [0.25, 0.3) is 0 Å². The van der Waals surface area contributed by atoms with Gasteiger partial charge in [0, 0.05) is 4.47 Å². The fraction of sp³-hybridized carbons (Fsp3) is 0.500. The standard InChI is InChI=1S/C12H15BrO/c1-12(2)6-8-3-4-9(13)5-10(8)11(14)7-12/h3-5,11,14H,6-7H2,1-2H3. The van der Waals surface area contributed by atoms with Gasteiger partial charge in [-0.05, 0) is 41.5 Å². The number of aliphatic hydroxyl groups is 1. The fourth-order valence-corrected chi connectivity index (χ4v) is 2.64. The van der Waals surface area contributed by atoms with Gasteiger partial charge in [-0.1, -0.05) is 35.8 Å². The number of fused-ring (bicyclic) bond motifs is 1. The highest BCUT2D eigenvalue weighted by atomic mass is 79.9. The summed E-state index contributed by atoms with van der Waals surface area (Å²) >= 11 is 3.44. The zero-order valence-corrected chi connectivity index (χ0v) is 10.1. The van der Waals surface area contributed by atoms with Gasteiger partial charge in [-0.3, -0.25) is 0 Å². The van der Waals surface area contributed by atoms with Crippen molar-refractivity contribution < 1.29 is 5.11 Å². The van der Waals surface area contributed by atoms with Crippen LogP contribution in [0.2, 0.25) is 0 Å². The van der Waals surface area contributed by atoms with Crippen LogP contribution >= 0.6 is 15.9 Å². The molecule has 0 saturated heterocycles. The molecule has 1 aliphatic rings. The van der Waals surface area contributed by atoms with Crippen molar-refractivity contribution in [2.75, 3.05) is 0 Å². The lowest BCUT2D eigenvalue weighted by atomic mass is 9.73. The summed E-state index contributed by atoms with van der Waals surface area (Å²) in [5.74, 6) is 0. The number of halogens is 1. The Bertz CT molecular complexity index is 357. The second kappa shape index (κ2) is 3.35. The fourth-order valence-electron chi connectivity index (χ4n) is 2.26. The van der Waals surface area contributed by atoms with Crippen molar-refractivity contribution >= 4 is 15.9 Å². The monoisotopic (exact) mass is 254 g/mol. The molecule has 14 heavy (non-hydrogen) atoms. The minimum absolute atomic E-state index is 0.222. The van der Waals surface area contributed by atoms with Crippen molar-refractivity contribution in [1.82, 2.24) is 0 Å². The smallest absolute Gasteiger partial charge is 0.0798 e. The first-order valence-electron chi connectivity index (χ1n) is 4.94. The van der Waals surface area contributed by atoms with Gasteiger partial charge < -0.3 is 5.11 Å². The predicted octanol–water partition coefficient (Wildman–Crippen LogP) is 3.45. The van der Waals surface area contributed by atoms with Crippen LogP contribution in [-0.4, -0.2) is 5.11 Å². The van der Waals surface area contributed by atoms with Crippen LogP contribution in [0.15, 0.2) is 22.7 Å². The molecule has 1 aliphatic carbocycles. The minimum Gasteiger partial charge on any atom is -0.388 e. The molecular weight excluding hydrogens is 240 g/mol. The van der Waals surface area contributed by atoms with Crippen LogP contribution < -0.4 is 0 Å². The van der Waals surface area contributed by atoms with Gasteiger partial charge in [0.1, 0.15) is 0 Å². The summed E-state index contributed by atoms with van der Waals surface area (Å²) in [6.45, 7) is 4.42. The summed E-state index contributed by atoms with van der Waals surface area (Å²) in [4.78, 5) is 0. The van der Waals surface area contributed by atoms with Crippen molar-refractivity contribution in [3.63, 3.8) is 0 Å². The van der Waals surface area contributed by atoms with Gasteiger partial charge >= 0.3 is 0 Å². The third-order valence-corrected chi connectivity index (χ3v) is 3.38. The van der Waals surface area contributed by atoms with Gasteiger partial charge in [0.15, 0.2) is 0 Å². The molecule has 0 spiro atoms. The van der Waals surface area contributed by atoms with Gasteiger partial charge in [-0.15, -0.1) is 0 Å². The van der Waals surface area contributed by atoms with E-state index in [1.165, 1.54) is 5.56 Å². The second-order valence-electron chi connectivity index (χ2n) is 4.90. The number of hydrogen-bond acceptors (Lipinski definition) is 1. The first-order chi connectivity index (χ1) is 6.48. The molecular formula is C12H15BrO. The summed E-state index contributed by atoms with van der Waals surface area (Å²) in [6.07, 6.45) is 1.62. The van der Waals surface area contributed by atoms with Crippen molar-refractivity contribution in [1.29, 1.82) is 0 Å². The summed E-state index contributed by atoms with van der Waals surface area (Å²) in [6, 6.07) is 6.20. The van der Waals surface area contributed by atoms with Crippen molar-refractivity contribution in [2.45, 2.75) is 32.8 Å². The molecule has 0 bridgehead atoms. The largest absolute Gasteiger partial charge is 0.388 e. The van der Waals surface area contributed by atoms with Crippen molar-refractivity contribution in [3.05, 3.63) is 33.8 Å². The molecule has 1 aromatic rings. The number of aliphatic hydroxyl groups excluding tert-OH is 1. The molecule has 1 unspecified atom stereocenters. The third kappa shape index (κ3) is 1.86. The average Bonchev–Trinajstić information content (AvgIpc) is 2.05. The van der Waals surface area contributed by atoms with E-state index in [4.69, 9.17) is 0 Å². The molecule has 0 heterocycles. The van der Waals surface area contributed by atoms with Crippen LogP contribution in [0.5, 0.6) is 0 Å². The SMILES string of the molecule is CC1(C)Cc2ccc(Br)cc2C(O)C1. The molecule has 2 rings (SSSR count). The molecule has 1 nitrogen and oxygen atoms in total. The minimum atomic E-state index is -0.300. The van der Waals surface area contributed by atoms with Crippen LogP contribution in [0.1, 0.15) is 37.5 Å². The Morgan fingerprint density at radius 3 is 2.86 bits per heavy atom. The lowest BCUT2D eigenvalue weighted by molar-refractivity contribution is 0.0997. The average molecular weight is 255 g/mol. The van der Waals surface area contributed by atoms with Crippen LogP contribution in [0.3, 0.4) is 0 Å². The zero-order chi connectivity index (χ0) is 10.3. The van der Waals surface area contributed by atoms with Gasteiger partial charge in [0.25, 0.3) is 0 Å². The maximum Gasteiger partial charge on any atom is 0.0798 e. The van der Waals surface area contributed by atoms with Gasteiger partial charge in [0.05, 0.1) is 6.10 Å². The highest BCUT2D eigenvalue weighted by Crippen LogP contribution is 2.41. The van der Waals surface area contributed by atoms with Crippen LogP contribution in [0, 0.1) is 5.41 Å². The Morgan fingerprint density at radius 1 is 1.43 bits per heavy atom. The zero-order valence-electron chi connectivity index (χ0n) is 8.55. The Hall–Kier alpha value is -0.340. The van der Waals surface area contributed by atoms with Gasteiger partial charge in [-0.25, -0.2) is 0 Å². The first kappa shape index (κ1) is 10.2. The molecule has 1 N–H and O–H groups in total. The molecule has 1 aromatic carbocycles. The van der Waals surface area contributed by atoms with Crippen LogP contribution in [-0.2, 0) is 6.42 Å². The van der Waals surface area contributed by atoms with E-state index >= 15 is 0 Å². The number of rotatable bonds is 0. The second-order valence-corrected chi connectivity index (χ2v) is 5.82. The summed E-state index contributed by atoms with van der Waals surface area (Å²) in [7, 11) is 0. The molecule has 0 fully saturated rings. The highest BCUT2D eigenvalue weighted by Gasteiger charge is 2.30. The van der Waals surface area contributed by atoms with Gasteiger partial charge in [0.2, 0.25) is 0 Å². The Morgan fingerprint density at radius 2 is 2.14 bits per heavy atom. The Labute approximate surface area is 93.3 Å². The Kier molecular flexibility index (Phi) is 2.44. The molecule has 0 aromatic heterocycles. The van der Waals surface area contributed by atoms with E-state index in [-0.39, 0.29) is 11.5 Å². The molecule has 1 atom stereocenters. The van der Waals surface area contributed by atoms with E-state index in [2.05, 4.69) is 35.8 Å². The molecule has 0 amide bonds. The van der Waals surface area contributed by atoms with Crippen LogP contribution in [0.4, 0.5) is 0 Å². The molecule has 2 heteroatoms. The summed E-state index contributed by atoms with van der Waals surface area (Å²) < 4.78 is 1.05. The lowest BCUT2D eigenvalue weighted by Crippen LogP contribution is -2.25. The van der Waals surface area contributed by atoms with Crippen molar-refractivity contribution in [2.24, 2.45) is 5.41 Å². The van der Waals surface area contributed by atoms with E-state index in [0.29, 0.717) is 0 Å². The normalized spacial score (nSPS) is 24.4. The summed E-state index contributed by atoms with van der Waals surface area (Å²) in [5, 5.41) is 10.0. The number of hydrogen-bond donors (Lipinski definition) is 1. The quantitative estimate of drug-likeness (QED) is 0.752. The highest BCUT2D eigenvalue weighted by molar-refractivity contribution is 9.10. The number of benzene rings is 1. The van der Waals surface area contributed by atoms with E-state index in [1.807, 2.05) is 12.1 Å². The summed E-state index contributed by atoms with van der Waals surface area (Å²) in [5.41, 5.74) is 2.61. The topological polar surface area (TPSA) is 20.2 Å². The lowest BCUT2D eigenvalue weighted by Gasteiger charge is -2.34. The van der Waals surface area contributed by atoms with E-state index < -0.39 is 0 Å². The maximum atomic E-state index is 10.0. The first-order valence-corrected chi connectivity index (χ1v) is 5.74. The van der Waals surface area contributed by atoms with E-state index in [9.17, 15) is 5.11 Å². The molecule has 0 radical (unpaired) electrons. The van der Waals surface area contributed by atoms with Gasteiger partial charge in [-0.2, -0.15) is 0 Å². The third-order valence-electron chi connectivity index (χ3n) is 2.88. The van der Waals surface area contributed by atoms with E-state index in [0.717, 1.165) is 22.9 Å². The maximum absolute atomic E-state index is 10.0. The van der Waals surface area contributed by atoms with E-state index in [1.54, 1.807) is 0 Å². The Balaban J connectivity index is 2.45. The van der Waals surface area contributed by atoms with Crippen molar-refractivity contribution in [3.8, 4) is 0 Å².